The Bertz CT molecular complexity index is 164. The molecule has 0 bridgehead atoms. The minimum atomic E-state index is -1.66. The highest BCUT2D eigenvalue weighted by molar-refractivity contribution is 5.69. The smallest absolute Gasteiger partial charge is 0.309 e. The van der Waals surface area contributed by atoms with Crippen LogP contribution in [0.5, 0.6) is 0 Å². The summed E-state index contributed by atoms with van der Waals surface area (Å²) in [4.78, 5) is 9.00. The number of amides is 2. The van der Waals surface area contributed by atoms with Gasteiger partial charge in [-0.3, -0.25) is 0 Å². The molecule has 0 heterocycles. The summed E-state index contributed by atoms with van der Waals surface area (Å²) in [5.41, 5.74) is 8.49. The number of hydrogen-bond donors (Lipinski definition) is 6. The van der Waals surface area contributed by atoms with Crippen LogP contribution in [-0.2, 0) is 0 Å². The largest absolute Gasteiger partial charge is 0.368 e. The van der Waals surface area contributed by atoms with Crippen molar-refractivity contribution < 1.29 is 25.2 Å². The van der Waals surface area contributed by atoms with E-state index in [1.165, 1.54) is 0 Å². The first-order valence-corrected chi connectivity index (χ1v) is 3.22. The third-order valence-electron chi connectivity index (χ3n) is 0.810. The van der Waals surface area contributed by atoms with Gasteiger partial charge in [0.05, 0.1) is 0 Å². The molecule has 0 aliphatic carbocycles. The second-order valence-corrected chi connectivity index (χ2v) is 2.12. The molecule has 7 heteroatoms. The first-order chi connectivity index (χ1) is 5.77. The number of urea groups is 1. The molecule has 0 atom stereocenters. The number of rotatable bonds is 3. The van der Waals surface area contributed by atoms with Crippen molar-refractivity contribution in [3.63, 3.8) is 0 Å². The topological polar surface area (TPSA) is 150 Å². The van der Waals surface area contributed by atoms with Crippen LogP contribution in [0.2, 0.25) is 0 Å². The SMILES string of the molecule is C=C(CC(O)O)C(O)O.NC(N)=O. The van der Waals surface area contributed by atoms with E-state index in [-0.39, 0.29) is 12.0 Å². The van der Waals surface area contributed by atoms with E-state index in [1.807, 2.05) is 0 Å². The average molecular weight is 194 g/mol. The van der Waals surface area contributed by atoms with Crippen molar-refractivity contribution in [3.05, 3.63) is 12.2 Å². The number of aliphatic hydroxyl groups is 4. The van der Waals surface area contributed by atoms with Gasteiger partial charge in [-0.2, -0.15) is 0 Å². The molecule has 13 heavy (non-hydrogen) atoms. The van der Waals surface area contributed by atoms with Crippen molar-refractivity contribution in [2.24, 2.45) is 11.5 Å². The van der Waals surface area contributed by atoms with Gasteiger partial charge in [0.25, 0.3) is 0 Å². The third-order valence-corrected chi connectivity index (χ3v) is 0.810. The van der Waals surface area contributed by atoms with Crippen LogP contribution in [0.25, 0.3) is 0 Å². The van der Waals surface area contributed by atoms with Gasteiger partial charge in [0.1, 0.15) is 0 Å². The normalized spacial score (nSPS) is 9.38. The van der Waals surface area contributed by atoms with E-state index >= 15 is 0 Å². The fourth-order valence-corrected chi connectivity index (χ4v) is 0.340. The van der Waals surface area contributed by atoms with Gasteiger partial charge in [0.2, 0.25) is 0 Å². The van der Waals surface area contributed by atoms with Crippen LogP contribution in [0.15, 0.2) is 12.2 Å². The van der Waals surface area contributed by atoms with E-state index < -0.39 is 18.6 Å². The predicted octanol–water partition coefficient (Wildman–Crippen LogP) is -2.42. The second-order valence-electron chi connectivity index (χ2n) is 2.12. The van der Waals surface area contributed by atoms with E-state index in [0.717, 1.165) is 0 Å². The van der Waals surface area contributed by atoms with Crippen LogP contribution in [0.1, 0.15) is 6.42 Å². The summed E-state index contributed by atoms with van der Waals surface area (Å²) in [5, 5.41) is 33.1. The molecule has 2 amide bonds. The van der Waals surface area contributed by atoms with Crippen LogP contribution in [0, 0.1) is 0 Å². The molecule has 0 saturated heterocycles. The van der Waals surface area contributed by atoms with Gasteiger partial charge >= 0.3 is 6.03 Å². The number of aliphatic hydroxyl groups excluding tert-OH is 2. The lowest BCUT2D eigenvalue weighted by Gasteiger charge is -2.07. The maximum Gasteiger partial charge on any atom is 0.309 e. The van der Waals surface area contributed by atoms with Crippen LogP contribution < -0.4 is 11.5 Å². The lowest BCUT2D eigenvalue weighted by Crippen LogP contribution is -2.18. The average Bonchev–Trinajstić information content (AvgIpc) is 1.83. The Balaban J connectivity index is 0. The number of carbonyl (C=O) groups is 1. The Labute approximate surface area is 74.9 Å². The van der Waals surface area contributed by atoms with E-state index in [2.05, 4.69) is 18.0 Å². The number of primary amides is 2. The van der Waals surface area contributed by atoms with E-state index in [4.69, 9.17) is 25.2 Å². The molecule has 0 aromatic carbocycles. The highest BCUT2D eigenvalue weighted by Gasteiger charge is 2.06. The molecule has 78 valence electrons. The lowest BCUT2D eigenvalue weighted by molar-refractivity contribution is -0.0584. The number of hydrogen-bond acceptors (Lipinski definition) is 5. The van der Waals surface area contributed by atoms with Gasteiger partial charge in [-0.25, -0.2) is 4.79 Å². The van der Waals surface area contributed by atoms with E-state index in [1.54, 1.807) is 0 Å². The van der Waals surface area contributed by atoms with E-state index in [9.17, 15) is 0 Å². The second kappa shape index (κ2) is 7.50. The Morgan fingerprint density at radius 1 is 1.23 bits per heavy atom. The molecule has 0 aliphatic rings. The maximum atomic E-state index is 9.00. The minimum Gasteiger partial charge on any atom is -0.368 e. The molecule has 8 N–H and O–H groups in total. The van der Waals surface area contributed by atoms with Crippen LogP contribution in [-0.4, -0.2) is 39.0 Å². The number of carbonyl (C=O) groups excluding carboxylic acids is 1. The molecule has 0 unspecified atom stereocenters. The summed E-state index contributed by atoms with van der Waals surface area (Å²) in [6.45, 7) is 3.17. The summed E-state index contributed by atoms with van der Waals surface area (Å²) < 4.78 is 0. The van der Waals surface area contributed by atoms with Crippen LogP contribution >= 0.6 is 0 Å². The molecule has 7 nitrogen and oxygen atoms in total. The van der Waals surface area contributed by atoms with Gasteiger partial charge in [0, 0.05) is 6.42 Å². The first-order valence-electron chi connectivity index (χ1n) is 3.22. The molecule has 0 rings (SSSR count). The highest BCUT2D eigenvalue weighted by Crippen LogP contribution is 2.03. The van der Waals surface area contributed by atoms with Crippen molar-refractivity contribution in [3.8, 4) is 0 Å². The van der Waals surface area contributed by atoms with Crippen molar-refractivity contribution in [1.29, 1.82) is 0 Å². The summed E-state index contributed by atoms with van der Waals surface area (Å²) >= 11 is 0. The van der Waals surface area contributed by atoms with Crippen LogP contribution in [0.4, 0.5) is 4.79 Å². The zero-order valence-electron chi connectivity index (χ0n) is 6.92. The summed E-state index contributed by atoms with van der Waals surface area (Å²) in [5.74, 6) is 0. The van der Waals surface area contributed by atoms with Gasteiger partial charge in [0.15, 0.2) is 12.6 Å². The van der Waals surface area contributed by atoms with Gasteiger partial charge in [-0.1, -0.05) is 6.58 Å². The quantitative estimate of drug-likeness (QED) is 0.218. The fraction of sp³-hybridized carbons (Fsp3) is 0.500. The molecule has 0 spiro atoms. The van der Waals surface area contributed by atoms with Gasteiger partial charge in [-0.05, 0) is 5.57 Å². The van der Waals surface area contributed by atoms with E-state index in [0.29, 0.717) is 0 Å². The zero-order chi connectivity index (χ0) is 11.0. The molecular formula is C6H14N2O5. The van der Waals surface area contributed by atoms with Crippen molar-refractivity contribution in [2.45, 2.75) is 19.0 Å². The Morgan fingerprint density at radius 2 is 1.54 bits per heavy atom. The third kappa shape index (κ3) is 18.1. The highest BCUT2D eigenvalue weighted by atomic mass is 16.5. The van der Waals surface area contributed by atoms with Crippen LogP contribution in [0.3, 0.4) is 0 Å². The summed E-state index contributed by atoms with van der Waals surface area (Å²) in [7, 11) is 0. The lowest BCUT2D eigenvalue weighted by atomic mass is 10.2. The van der Waals surface area contributed by atoms with Crippen molar-refractivity contribution in [1.82, 2.24) is 0 Å². The Hall–Kier alpha value is -1.15. The Morgan fingerprint density at radius 3 is 1.62 bits per heavy atom. The minimum absolute atomic E-state index is 0.00926. The summed E-state index contributed by atoms with van der Waals surface area (Å²) in [6.07, 6.45) is -3.43. The van der Waals surface area contributed by atoms with Gasteiger partial charge < -0.3 is 31.9 Å². The fourth-order valence-electron chi connectivity index (χ4n) is 0.340. The monoisotopic (exact) mass is 194 g/mol. The Kier molecular flexibility index (Phi) is 8.29. The zero-order valence-corrected chi connectivity index (χ0v) is 6.92. The molecule has 0 aromatic heterocycles. The number of nitrogens with two attached hydrogens (primary N) is 2. The molecule has 0 aromatic rings. The molecule has 0 fully saturated rings. The van der Waals surface area contributed by atoms with Gasteiger partial charge in [-0.15, -0.1) is 0 Å². The molecule has 0 radical (unpaired) electrons. The van der Waals surface area contributed by atoms with Crippen molar-refractivity contribution in [2.75, 3.05) is 0 Å². The molecular weight excluding hydrogens is 180 g/mol. The van der Waals surface area contributed by atoms with Crippen molar-refractivity contribution >= 4 is 6.03 Å². The molecule has 0 aliphatic heterocycles. The first kappa shape index (κ1) is 14.4. The maximum absolute atomic E-state index is 9.00. The predicted molar refractivity (Wildman–Crippen MR) is 44.0 cm³/mol. The standard InChI is InChI=1S/C5H10O4.CH4N2O/c1-3(5(8)9)2-4(6)7;2-1(3)4/h4-9H,1-2H2;(H4,2,3,4). The summed E-state index contributed by atoms with van der Waals surface area (Å²) in [6, 6.07) is -0.833. The molecule has 0 saturated carbocycles.